The summed E-state index contributed by atoms with van der Waals surface area (Å²) < 4.78 is 0. The van der Waals surface area contributed by atoms with Gasteiger partial charge in [0.1, 0.15) is 0 Å². The molecule has 0 radical (unpaired) electrons. The zero-order valence-corrected chi connectivity index (χ0v) is 14.0. The predicted octanol–water partition coefficient (Wildman–Crippen LogP) is 3.48. The van der Waals surface area contributed by atoms with Gasteiger partial charge in [0.2, 0.25) is 0 Å². The largest absolute Gasteiger partial charge is 0.370 e. The minimum Gasteiger partial charge on any atom is -0.370 e. The molecule has 126 valence electrons. The fourth-order valence-electron chi connectivity index (χ4n) is 3.02. The van der Waals surface area contributed by atoms with E-state index in [-0.39, 0.29) is 11.9 Å². The Morgan fingerprint density at radius 2 is 1.80 bits per heavy atom. The summed E-state index contributed by atoms with van der Waals surface area (Å²) in [7, 11) is 0. The number of fused-ring (bicyclic) bond motifs is 1. The van der Waals surface area contributed by atoms with Crippen LogP contribution in [0.15, 0.2) is 54.6 Å². The summed E-state index contributed by atoms with van der Waals surface area (Å²) in [6.07, 6.45) is 1.59. The van der Waals surface area contributed by atoms with Crippen molar-refractivity contribution in [3.05, 3.63) is 65.7 Å². The fraction of sp³-hybridized carbons (Fsp3) is 0.150. The molecule has 0 saturated carbocycles. The number of hydrogen-bond acceptors (Lipinski definition) is 3. The molecule has 1 aromatic heterocycles. The molecule has 2 aromatic carbocycles. The molecule has 25 heavy (non-hydrogen) atoms. The van der Waals surface area contributed by atoms with Crippen LogP contribution in [0.4, 0.5) is 0 Å². The summed E-state index contributed by atoms with van der Waals surface area (Å²) in [5.74, 6) is -0.735. The monoisotopic (exact) mass is 332 g/mol. The zero-order chi connectivity index (χ0) is 17.8. The van der Waals surface area contributed by atoms with Gasteiger partial charge in [-0.2, -0.15) is 0 Å². The first-order valence-electron chi connectivity index (χ1n) is 8.24. The van der Waals surface area contributed by atoms with E-state index in [0.717, 1.165) is 34.1 Å². The molecule has 0 aliphatic rings. The van der Waals surface area contributed by atoms with Crippen LogP contribution in [0, 0.1) is 5.41 Å². The van der Waals surface area contributed by atoms with Gasteiger partial charge in [0.15, 0.2) is 5.96 Å². The first-order chi connectivity index (χ1) is 12.1. The van der Waals surface area contributed by atoms with Gasteiger partial charge in [0, 0.05) is 10.9 Å². The van der Waals surface area contributed by atoms with Crippen LogP contribution in [0.1, 0.15) is 29.3 Å². The first-order valence-corrected chi connectivity index (χ1v) is 8.24. The van der Waals surface area contributed by atoms with Gasteiger partial charge in [-0.15, -0.1) is 0 Å². The van der Waals surface area contributed by atoms with Crippen LogP contribution >= 0.6 is 0 Å². The van der Waals surface area contributed by atoms with Gasteiger partial charge < -0.3 is 5.73 Å². The lowest BCUT2D eigenvalue weighted by atomic mass is 9.93. The zero-order valence-electron chi connectivity index (χ0n) is 14.0. The van der Waals surface area contributed by atoms with Gasteiger partial charge in [-0.1, -0.05) is 61.9 Å². The molecule has 0 bridgehead atoms. The highest BCUT2D eigenvalue weighted by Gasteiger charge is 2.21. The fourth-order valence-corrected chi connectivity index (χ4v) is 3.02. The number of para-hydroxylation sites is 1. The van der Waals surface area contributed by atoms with E-state index in [4.69, 9.17) is 16.1 Å². The lowest BCUT2D eigenvalue weighted by Crippen LogP contribution is -2.36. The Kier molecular flexibility index (Phi) is 4.75. The molecule has 1 amide bonds. The topological polar surface area (TPSA) is 91.9 Å². The molecule has 0 saturated heterocycles. The third kappa shape index (κ3) is 3.35. The first kappa shape index (κ1) is 16.6. The summed E-state index contributed by atoms with van der Waals surface area (Å²) in [4.78, 5) is 17.6. The van der Waals surface area contributed by atoms with Crippen LogP contribution in [0.25, 0.3) is 22.2 Å². The molecular formula is C20H20N4O. The molecule has 0 aliphatic carbocycles. The maximum atomic E-state index is 12.8. The molecule has 3 rings (SSSR count). The number of nitrogens with two attached hydrogens (primary N) is 1. The number of rotatable bonds is 4. The number of nitrogens with one attached hydrogen (secondary N) is 2. The Morgan fingerprint density at radius 3 is 2.48 bits per heavy atom. The number of carbonyl (C=O) groups excluding carboxylic acids is 1. The van der Waals surface area contributed by atoms with E-state index < -0.39 is 0 Å². The van der Waals surface area contributed by atoms with E-state index >= 15 is 0 Å². The van der Waals surface area contributed by atoms with E-state index in [1.165, 1.54) is 0 Å². The quantitative estimate of drug-likeness (QED) is 0.504. The van der Waals surface area contributed by atoms with Crippen molar-refractivity contribution in [3.8, 4) is 11.3 Å². The van der Waals surface area contributed by atoms with E-state index in [1.54, 1.807) is 0 Å². The average molecular weight is 332 g/mol. The predicted molar refractivity (Wildman–Crippen MR) is 101 cm³/mol. The number of hydrogen-bond donors (Lipinski definition) is 3. The van der Waals surface area contributed by atoms with Gasteiger partial charge in [-0.05, 0) is 18.1 Å². The van der Waals surface area contributed by atoms with Crippen LogP contribution in [0.3, 0.4) is 0 Å². The van der Waals surface area contributed by atoms with Crippen LogP contribution in [0.5, 0.6) is 0 Å². The molecule has 0 fully saturated rings. The molecule has 0 atom stereocenters. The Hall–Kier alpha value is -3.21. The third-order valence-electron chi connectivity index (χ3n) is 4.02. The second kappa shape index (κ2) is 7.13. The number of guanidine groups is 1. The van der Waals surface area contributed by atoms with Crippen molar-refractivity contribution in [2.75, 3.05) is 0 Å². The Bertz CT molecular complexity index is 935. The number of nitrogens with zero attached hydrogens (tertiary/aromatic N) is 1. The highest BCUT2D eigenvalue weighted by molar-refractivity contribution is 6.13. The molecule has 0 aliphatic heterocycles. The van der Waals surface area contributed by atoms with Crippen LogP contribution < -0.4 is 11.1 Å². The van der Waals surface area contributed by atoms with Crippen LogP contribution in [-0.4, -0.2) is 16.9 Å². The van der Waals surface area contributed by atoms with Gasteiger partial charge in [0.05, 0.1) is 16.8 Å². The van der Waals surface area contributed by atoms with E-state index in [0.29, 0.717) is 12.0 Å². The van der Waals surface area contributed by atoms with E-state index in [1.807, 2.05) is 54.6 Å². The third-order valence-corrected chi connectivity index (χ3v) is 4.02. The SMILES string of the molecule is CCCc1c(-c2ccccc2)nc2ccccc2c1C(=O)NC(=N)N. The highest BCUT2D eigenvalue weighted by atomic mass is 16.1. The standard InChI is InChI=1S/C20H20N4O/c1-2-8-15-17(19(25)24-20(21)22)14-11-6-7-12-16(14)23-18(15)13-9-4-3-5-10-13/h3-7,9-12H,2,8H2,1H3,(H4,21,22,24,25). The second-order valence-electron chi connectivity index (χ2n) is 5.81. The number of benzene rings is 2. The summed E-state index contributed by atoms with van der Waals surface area (Å²) in [5.41, 5.74) is 9.32. The smallest absolute Gasteiger partial charge is 0.258 e. The van der Waals surface area contributed by atoms with Crippen molar-refractivity contribution in [2.24, 2.45) is 5.73 Å². The minimum atomic E-state index is -0.369. The summed E-state index contributed by atoms with van der Waals surface area (Å²) in [6.45, 7) is 2.07. The van der Waals surface area contributed by atoms with Crippen molar-refractivity contribution in [1.82, 2.24) is 10.3 Å². The molecule has 1 heterocycles. The second-order valence-corrected chi connectivity index (χ2v) is 5.81. The van der Waals surface area contributed by atoms with Crippen LogP contribution in [0.2, 0.25) is 0 Å². The number of amides is 1. The van der Waals surface area contributed by atoms with Gasteiger partial charge >= 0.3 is 0 Å². The maximum absolute atomic E-state index is 12.8. The number of carbonyl (C=O) groups is 1. The maximum Gasteiger partial charge on any atom is 0.258 e. The molecule has 4 N–H and O–H groups in total. The van der Waals surface area contributed by atoms with Crippen molar-refractivity contribution in [3.63, 3.8) is 0 Å². The van der Waals surface area contributed by atoms with Gasteiger partial charge in [-0.3, -0.25) is 15.5 Å². The lowest BCUT2D eigenvalue weighted by Gasteiger charge is -2.16. The van der Waals surface area contributed by atoms with E-state index in [9.17, 15) is 4.79 Å². The van der Waals surface area contributed by atoms with Crippen molar-refractivity contribution < 1.29 is 4.79 Å². The van der Waals surface area contributed by atoms with E-state index in [2.05, 4.69) is 12.2 Å². The Morgan fingerprint density at radius 1 is 1.12 bits per heavy atom. The number of pyridine rings is 1. The summed E-state index contributed by atoms with van der Waals surface area (Å²) in [5, 5.41) is 10.6. The van der Waals surface area contributed by atoms with Gasteiger partial charge in [0.25, 0.3) is 5.91 Å². The molecule has 0 spiro atoms. The van der Waals surface area contributed by atoms with Gasteiger partial charge in [-0.25, -0.2) is 4.98 Å². The average Bonchev–Trinajstić information content (AvgIpc) is 2.61. The molecule has 3 aromatic rings. The highest BCUT2D eigenvalue weighted by Crippen LogP contribution is 2.31. The summed E-state index contributed by atoms with van der Waals surface area (Å²) in [6, 6.07) is 17.4. The summed E-state index contributed by atoms with van der Waals surface area (Å²) >= 11 is 0. The number of aromatic nitrogens is 1. The Balaban J connectivity index is 2.34. The molecule has 5 nitrogen and oxygen atoms in total. The lowest BCUT2D eigenvalue weighted by molar-refractivity contribution is 0.0977. The molecule has 0 unspecified atom stereocenters. The Labute approximate surface area is 146 Å². The molecular weight excluding hydrogens is 312 g/mol. The molecule has 5 heteroatoms. The van der Waals surface area contributed by atoms with Crippen molar-refractivity contribution >= 4 is 22.8 Å². The normalized spacial score (nSPS) is 10.6. The minimum absolute atomic E-state index is 0.366. The van der Waals surface area contributed by atoms with Crippen molar-refractivity contribution in [1.29, 1.82) is 5.41 Å². The van der Waals surface area contributed by atoms with Crippen molar-refractivity contribution in [2.45, 2.75) is 19.8 Å². The van der Waals surface area contributed by atoms with Crippen LogP contribution in [-0.2, 0) is 6.42 Å².